The summed E-state index contributed by atoms with van der Waals surface area (Å²) in [6.45, 7) is 0.746. The normalized spacial score (nSPS) is 14.7. The van der Waals surface area contributed by atoms with Crippen molar-refractivity contribution in [2.45, 2.75) is 25.3 Å². The van der Waals surface area contributed by atoms with Crippen LogP contribution in [0, 0.1) is 0 Å². The van der Waals surface area contributed by atoms with Crippen molar-refractivity contribution in [1.82, 2.24) is 10.2 Å². The Bertz CT molecular complexity index is 595. The van der Waals surface area contributed by atoms with Gasteiger partial charge in [-0.25, -0.2) is 0 Å². The molecule has 1 fully saturated rings. The number of benzene rings is 1. The molecule has 0 radical (unpaired) electrons. The van der Waals surface area contributed by atoms with Gasteiger partial charge in [0.05, 0.1) is 10.0 Å². The molecule has 0 bridgehead atoms. The van der Waals surface area contributed by atoms with Crippen LogP contribution in [0.5, 0.6) is 0 Å². The fraction of sp³-hybridized carbons (Fsp3) is 0.385. The van der Waals surface area contributed by atoms with Gasteiger partial charge in [0.15, 0.2) is 0 Å². The van der Waals surface area contributed by atoms with Gasteiger partial charge in [-0.3, -0.25) is 0 Å². The van der Waals surface area contributed by atoms with Gasteiger partial charge in [-0.15, -0.1) is 10.2 Å². The van der Waals surface area contributed by atoms with Crippen LogP contribution >= 0.6 is 34.5 Å². The molecule has 1 saturated carbocycles. The Morgan fingerprint density at radius 3 is 2.74 bits per heavy atom. The van der Waals surface area contributed by atoms with Crippen LogP contribution in [0.2, 0.25) is 10.0 Å². The molecule has 3 rings (SSSR count). The Balaban J connectivity index is 1.72. The lowest BCUT2D eigenvalue weighted by Gasteiger charge is -2.15. The average Bonchev–Trinajstić information content (AvgIpc) is 3.11. The largest absolute Gasteiger partial charge is 0.345 e. The topological polar surface area (TPSA) is 29.0 Å². The standard InChI is InChI=1S/C13H13Cl2N3S/c1-18(7-8-2-5-10(14)11(15)6-8)13-17-16-12(19-13)9-3-4-9/h2,5-6,9H,3-4,7H2,1H3. The summed E-state index contributed by atoms with van der Waals surface area (Å²) in [5, 5.41) is 11.8. The molecular weight excluding hydrogens is 301 g/mol. The van der Waals surface area contributed by atoms with Crippen molar-refractivity contribution in [3.63, 3.8) is 0 Å². The fourth-order valence-electron chi connectivity index (χ4n) is 1.86. The lowest BCUT2D eigenvalue weighted by atomic mass is 10.2. The summed E-state index contributed by atoms with van der Waals surface area (Å²) in [6.07, 6.45) is 2.51. The third-order valence-corrected chi connectivity index (χ3v) is 5.03. The lowest BCUT2D eigenvalue weighted by Crippen LogP contribution is -2.16. The van der Waals surface area contributed by atoms with E-state index in [0.29, 0.717) is 16.0 Å². The lowest BCUT2D eigenvalue weighted by molar-refractivity contribution is 0.883. The van der Waals surface area contributed by atoms with E-state index in [1.165, 1.54) is 12.8 Å². The maximum absolute atomic E-state index is 6.02. The van der Waals surface area contributed by atoms with Crippen molar-refractivity contribution in [3.05, 3.63) is 38.8 Å². The highest BCUT2D eigenvalue weighted by Gasteiger charge is 2.28. The molecule has 2 aromatic rings. The van der Waals surface area contributed by atoms with E-state index in [0.717, 1.165) is 22.2 Å². The van der Waals surface area contributed by atoms with Gasteiger partial charge in [0.25, 0.3) is 0 Å². The van der Waals surface area contributed by atoms with Crippen LogP contribution in [0.3, 0.4) is 0 Å². The predicted octanol–water partition coefficient (Wildman–Crippen LogP) is 4.36. The second-order valence-corrected chi connectivity index (χ2v) is 6.60. The summed E-state index contributed by atoms with van der Waals surface area (Å²) in [6, 6.07) is 5.69. The van der Waals surface area contributed by atoms with Gasteiger partial charge in [0.1, 0.15) is 5.01 Å². The molecular formula is C13H13Cl2N3S. The number of hydrogen-bond donors (Lipinski definition) is 0. The van der Waals surface area contributed by atoms with Crippen molar-refractivity contribution in [1.29, 1.82) is 0 Å². The minimum Gasteiger partial charge on any atom is -0.345 e. The third kappa shape index (κ3) is 3.02. The van der Waals surface area contributed by atoms with Crippen molar-refractivity contribution in [2.24, 2.45) is 0 Å². The molecule has 1 heterocycles. The first-order valence-electron chi connectivity index (χ1n) is 6.12. The molecule has 1 aliphatic rings. The zero-order chi connectivity index (χ0) is 13.4. The average molecular weight is 314 g/mol. The first-order valence-corrected chi connectivity index (χ1v) is 7.69. The molecule has 0 aliphatic heterocycles. The minimum absolute atomic E-state index is 0.583. The quantitative estimate of drug-likeness (QED) is 0.839. The highest BCUT2D eigenvalue weighted by molar-refractivity contribution is 7.15. The summed E-state index contributed by atoms with van der Waals surface area (Å²) in [5.41, 5.74) is 1.11. The summed E-state index contributed by atoms with van der Waals surface area (Å²) in [4.78, 5) is 2.09. The monoisotopic (exact) mass is 313 g/mol. The number of anilines is 1. The van der Waals surface area contributed by atoms with E-state index in [4.69, 9.17) is 23.2 Å². The Morgan fingerprint density at radius 1 is 1.26 bits per heavy atom. The van der Waals surface area contributed by atoms with E-state index in [2.05, 4.69) is 15.1 Å². The SMILES string of the molecule is CN(Cc1ccc(Cl)c(Cl)c1)c1nnc(C2CC2)s1. The van der Waals surface area contributed by atoms with Gasteiger partial charge in [0.2, 0.25) is 5.13 Å². The number of nitrogens with zero attached hydrogens (tertiary/aromatic N) is 3. The molecule has 3 nitrogen and oxygen atoms in total. The van der Waals surface area contributed by atoms with Crippen molar-refractivity contribution in [2.75, 3.05) is 11.9 Å². The number of halogens is 2. The summed E-state index contributed by atoms with van der Waals surface area (Å²) in [5.74, 6) is 0.657. The zero-order valence-corrected chi connectivity index (χ0v) is 12.8. The molecule has 0 atom stereocenters. The molecule has 6 heteroatoms. The number of hydrogen-bond acceptors (Lipinski definition) is 4. The van der Waals surface area contributed by atoms with Crippen LogP contribution in [-0.4, -0.2) is 17.2 Å². The van der Waals surface area contributed by atoms with E-state index >= 15 is 0 Å². The van der Waals surface area contributed by atoms with Crippen LogP contribution in [0.15, 0.2) is 18.2 Å². The Labute approximate surface area is 126 Å². The molecule has 1 aromatic heterocycles. The van der Waals surface area contributed by atoms with Gasteiger partial charge < -0.3 is 4.90 Å². The molecule has 0 amide bonds. The number of rotatable bonds is 4. The molecule has 100 valence electrons. The third-order valence-electron chi connectivity index (χ3n) is 3.09. The van der Waals surface area contributed by atoms with Gasteiger partial charge in [-0.1, -0.05) is 40.6 Å². The van der Waals surface area contributed by atoms with Gasteiger partial charge in [-0.05, 0) is 30.5 Å². The minimum atomic E-state index is 0.583. The Kier molecular flexibility index (Phi) is 3.65. The zero-order valence-electron chi connectivity index (χ0n) is 10.4. The Hall–Kier alpha value is -0.840. The Morgan fingerprint density at radius 2 is 2.05 bits per heavy atom. The predicted molar refractivity (Wildman–Crippen MR) is 80.5 cm³/mol. The molecule has 0 N–H and O–H groups in total. The smallest absolute Gasteiger partial charge is 0.208 e. The molecule has 0 unspecified atom stereocenters. The van der Waals surface area contributed by atoms with Crippen LogP contribution in [0.4, 0.5) is 5.13 Å². The molecule has 0 saturated heterocycles. The van der Waals surface area contributed by atoms with E-state index in [9.17, 15) is 0 Å². The van der Waals surface area contributed by atoms with E-state index in [1.807, 2.05) is 25.2 Å². The maximum Gasteiger partial charge on any atom is 0.208 e. The second kappa shape index (κ2) is 5.27. The molecule has 1 aliphatic carbocycles. The van der Waals surface area contributed by atoms with E-state index < -0.39 is 0 Å². The fourth-order valence-corrected chi connectivity index (χ4v) is 3.15. The maximum atomic E-state index is 6.02. The number of aromatic nitrogens is 2. The summed E-state index contributed by atoms with van der Waals surface area (Å²) in [7, 11) is 2.01. The van der Waals surface area contributed by atoms with Crippen LogP contribution in [0.1, 0.15) is 29.3 Å². The van der Waals surface area contributed by atoms with Crippen LogP contribution in [-0.2, 0) is 6.54 Å². The van der Waals surface area contributed by atoms with Crippen molar-refractivity contribution in [3.8, 4) is 0 Å². The van der Waals surface area contributed by atoms with E-state index in [1.54, 1.807) is 11.3 Å². The van der Waals surface area contributed by atoms with Gasteiger partial charge >= 0.3 is 0 Å². The molecule has 1 aromatic carbocycles. The van der Waals surface area contributed by atoms with Crippen molar-refractivity contribution < 1.29 is 0 Å². The second-order valence-electron chi connectivity index (χ2n) is 4.80. The summed E-state index contributed by atoms with van der Waals surface area (Å²) >= 11 is 13.6. The first kappa shape index (κ1) is 13.2. The van der Waals surface area contributed by atoms with Gasteiger partial charge in [-0.2, -0.15) is 0 Å². The molecule has 19 heavy (non-hydrogen) atoms. The van der Waals surface area contributed by atoms with E-state index in [-0.39, 0.29) is 0 Å². The highest BCUT2D eigenvalue weighted by Crippen LogP contribution is 2.42. The first-order chi connectivity index (χ1) is 9.13. The van der Waals surface area contributed by atoms with Crippen LogP contribution in [0.25, 0.3) is 0 Å². The molecule has 0 spiro atoms. The van der Waals surface area contributed by atoms with Crippen molar-refractivity contribution >= 4 is 39.7 Å². The highest BCUT2D eigenvalue weighted by atomic mass is 35.5. The van der Waals surface area contributed by atoms with Crippen LogP contribution < -0.4 is 4.90 Å². The van der Waals surface area contributed by atoms with Gasteiger partial charge in [0, 0.05) is 19.5 Å². The summed E-state index contributed by atoms with van der Waals surface area (Å²) < 4.78 is 0.